The highest BCUT2D eigenvalue weighted by molar-refractivity contribution is 5.94. The summed E-state index contributed by atoms with van der Waals surface area (Å²) in [6.07, 6.45) is 0. The zero-order valence-corrected chi connectivity index (χ0v) is 16.0. The summed E-state index contributed by atoms with van der Waals surface area (Å²) in [5.74, 6) is -0.348. The molecule has 0 saturated carbocycles. The first-order valence-corrected chi connectivity index (χ1v) is 8.66. The van der Waals surface area contributed by atoms with Gasteiger partial charge in [-0.15, -0.1) is 0 Å². The summed E-state index contributed by atoms with van der Waals surface area (Å²) in [5.41, 5.74) is -0.615. The molecule has 2 aromatic carbocycles. The zero-order chi connectivity index (χ0) is 21.0. The SMILES string of the molecule is CCOC(=O)c1cc2ccc(OC(=O)c3ccc(OC)c(OC)c3)cc2oc1=O. The zero-order valence-electron chi connectivity index (χ0n) is 16.0. The van der Waals surface area contributed by atoms with Gasteiger partial charge in [0, 0.05) is 11.5 Å². The highest BCUT2D eigenvalue weighted by Gasteiger charge is 2.16. The van der Waals surface area contributed by atoms with E-state index in [1.807, 2.05) is 0 Å². The minimum atomic E-state index is -0.834. The van der Waals surface area contributed by atoms with Crippen LogP contribution in [0.25, 0.3) is 11.0 Å². The Kier molecular flexibility index (Phi) is 5.82. The van der Waals surface area contributed by atoms with Crippen molar-refractivity contribution >= 4 is 22.9 Å². The summed E-state index contributed by atoms with van der Waals surface area (Å²) in [4.78, 5) is 36.3. The molecular formula is C21H18O8. The van der Waals surface area contributed by atoms with Gasteiger partial charge < -0.3 is 23.4 Å². The van der Waals surface area contributed by atoms with Gasteiger partial charge in [0.25, 0.3) is 0 Å². The molecule has 3 aromatic rings. The van der Waals surface area contributed by atoms with Crippen LogP contribution < -0.4 is 19.8 Å². The van der Waals surface area contributed by atoms with E-state index in [4.69, 9.17) is 23.4 Å². The van der Waals surface area contributed by atoms with Crippen molar-refractivity contribution in [1.29, 1.82) is 0 Å². The molecule has 150 valence electrons. The van der Waals surface area contributed by atoms with Gasteiger partial charge in [-0.2, -0.15) is 0 Å². The van der Waals surface area contributed by atoms with Crippen molar-refractivity contribution in [3.8, 4) is 17.2 Å². The maximum Gasteiger partial charge on any atom is 0.351 e. The molecule has 1 heterocycles. The molecule has 0 unspecified atom stereocenters. The lowest BCUT2D eigenvalue weighted by molar-refractivity contribution is 0.0521. The summed E-state index contributed by atoms with van der Waals surface area (Å²) < 4.78 is 25.7. The summed E-state index contributed by atoms with van der Waals surface area (Å²) in [6.45, 7) is 1.78. The van der Waals surface area contributed by atoms with Crippen LogP contribution in [0.2, 0.25) is 0 Å². The number of hydrogen-bond acceptors (Lipinski definition) is 8. The van der Waals surface area contributed by atoms with E-state index < -0.39 is 17.6 Å². The molecule has 3 rings (SSSR count). The normalized spacial score (nSPS) is 10.4. The highest BCUT2D eigenvalue weighted by atomic mass is 16.5. The first-order valence-electron chi connectivity index (χ1n) is 8.66. The average Bonchev–Trinajstić information content (AvgIpc) is 2.72. The van der Waals surface area contributed by atoms with Crippen LogP contribution in [0.4, 0.5) is 0 Å². The lowest BCUT2D eigenvalue weighted by Crippen LogP contribution is -2.16. The fourth-order valence-corrected chi connectivity index (χ4v) is 2.64. The minimum Gasteiger partial charge on any atom is -0.493 e. The molecule has 29 heavy (non-hydrogen) atoms. The van der Waals surface area contributed by atoms with Crippen LogP contribution >= 0.6 is 0 Å². The van der Waals surface area contributed by atoms with Crippen molar-refractivity contribution < 1.29 is 33.0 Å². The third-order valence-electron chi connectivity index (χ3n) is 4.03. The second-order valence-corrected chi connectivity index (χ2v) is 5.83. The van der Waals surface area contributed by atoms with Crippen LogP contribution in [0.3, 0.4) is 0 Å². The Hall–Kier alpha value is -3.81. The average molecular weight is 398 g/mol. The van der Waals surface area contributed by atoms with E-state index in [0.29, 0.717) is 16.9 Å². The molecule has 0 aliphatic carbocycles. The molecule has 0 N–H and O–H groups in total. The molecule has 8 nitrogen and oxygen atoms in total. The predicted molar refractivity (Wildman–Crippen MR) is 103 cm³/mol. The van der Waals surface area contributed by atoms with Crippen LogP contribution in [0.5, 0.6) is 17.2 Å². The van der Waals surface area contributed by atoms with Crippen LogP contribution in [0.1, 0.15) is 27.6 Å². The molecule has 1 aromatic heterocycles. The van der Waals surface area contributed by atoms with Crippen molar-refractivity contribution in [2.45, 2.75) is 6.92 Å². The standard InChI is InChI=1S/C21H18O8/c1-4-27-20(23)15-9-12-5-7-14(11-17(12)29-21(15)24)28-19(22)13-6-8-16(25-2)18(10-13)26-3/h5-11H,4H2,1-3H3. The summed E-state index contributed by atoms with van der Waals surface area (Å²) in [6, 6.07) is 10.5. The van der Waals surface area contributed by atoms with E-state index in [-0.39, 0.29) is 29.1 Å². The maximum atomic E-state index is 12.4. The molecule has 0 aliphatic rings. The molecule has 0 saturated heterocycles. The minimum absolute atomic E-state index is 0.140. The highest BCUT2D eigenvalue weighted by Crippen LogP contribution is 2.28. The number of fused-ring (bicyclic) bond motifs is 1. The number of hydrogen-bond donors (Lipinski definition) is 0. The predicted octanol–water partition coefficient (Wildman–Crippen LogP) is 3.21. The monoisotopic (exact) mass is 398 g/mol. The van der Waals surface area contributed by atoms with E-state index in [9.17, 15) is 14.4 Å². The lowest BCUT2D eigenvalue weighted by Gasteiger charge is -2.10. The fraction of sp³-hybridized carbons (Fsp3) is 0.190. The number of methoxy groups -OCH3 is 2. The van der Waals surface area contributed by atoms with E-state index in [0.717, 1.165) is 0 Å². The first-order chi connectivity index (χ1) is 14.0. The third-order valence-corrected chi connectivity index (χ3v) is 4.03. The van der Waals surface area contributed by atoms with Crippen molar-refractivity contribution in [3.63, 3.8) is 0 Å². The number of ether oxygens (including phenoxy) is 4. The number of rotatable bonds is 6. The Bertz CT molecular complexity index is 1130. The number of esters is 2. The van der Waals surface area contributed by atoms with Gasteiger partial charge in [0.2, 0.25) is 0 Å². The molecule has 8 heteroatoms. The Morgan fingerprint density at radius 1 is 0.931 bits per heavy atom. The van der Waals surface area contributed by atoms with Crippen LogP contribution in [0.15, 0.2) is 51.7 Å². The van der Waals surface area contributed by atoms with Gasteiger partial charge in [0.15, 0.2) is 11.5 Å². The second kappa shape index (κ2) is 8.47. The molecule has 0 amide bonds. The molecule has 0 atom stereocenters. The van der Waals surface area contributed by atoms with Gasteiger partial charge in [-0.05, 0) is 43.3 Å². The molecule has 0 spiro atoms. The van der Waals surface area contributed by atoms with Gasteiger partial charge in [-0.1, -0.05) is 0 Å². The Labute approximate surface area is 165 Å². The van der Waals surface area contributed by atoms with Crippen molar-refractivity contribution in [1.82, 2.24) is 0 Å². The Morgan fingerprint density at radius 3 is 2.38 bits per heavy atom. The van der Waals surface area contributed by atoms with Crippen LogP contribution in [-0.4, -0.2) is 32.8 Å². The Balaban J connectivity index is 1.87. The van der Waals surface area contributed by atoms with Crippen molar-refractivity contribution in [2.24, 2.45) is 0 Å². The molecule has 0 radical (unpaired) electrons. The van der Waals surface area contributed by atoms with Crippen molar-refractivity contribution in [3.05, 3.63) is 64.0 Å². The van der Waals surface area contributed by atoms with E-state index in [1.54, 1.807) is 19.1 Å². The van der Waals surface area contributed by atoms with Crippen molar-refractivity contribution in [2.75, 3.05) is 20.8 Å². The molecule has 0 bridgehead atoms. The lowest BCUT2D eigenvalue weighted by atomic mass is 10.1. The number of carbonyl (C=O) groups excluding carboxylic acids is 2. The summed E-state index contributed by atoms with van der Waals surface area (Å²) >= 11 is 0. The topological polar surface area (TPSA) is 101 Å². The fourth-order valence-electron chi connectivity index (χ4n) is 2.64. The summed E-state index contributed by atoms with van der Waals surface area (Å²) in [5, 5.41) is 0.485. The third kappa shape index (κ3) is 4.21. The first kappa shape index (κ1) is 19.9. The van der Waals surface area contributed by atoms with E-state index >= 15 is 0 Å². The van der Waals surface area contributed by atoms with Crippen LogP contribution in [0, 0.1) is 0 Å². The number of benzene rings is 2. The van der Waals surface area contributed by atoms with Gasteiger partial charge >= 0.3 is 17.6 Å². The van der Waals surface area contributed by atoms with Gasteiger partial charge in [-0.25, -0.2) is 14.4 Å². The summed E-state index contributed by atoms with van der Waals surface area (Å²) in [7, 11) is 2.95. The number of carbonyl (C=O) groups is 2. The van der Waals surface area contributed by atoms with Gasteiger partial charge in [0.1, 0.15) is 16.9 Å². The smallest absolute Gasteiger partial charge is 0.351 e. The second-order valence-electron chi connectivity index (χ2n) is 5.83. The molecular weight excluding hydrogens is 380 g/mol. The van der Waals surface area contributed by atoms with Gasteiger partial charge in [-0.3, -0.25) is 0 Å². The largest absolute Gasteiger partial charge is 0.493 e. The van der Waals surface area contributed by atoms with E-state index in [2.05, 4.69) is 0 Å². The maximum absolute atomic E-state index is 12.4. The quantitative estimate of drug-likeness (QED) is 0.354. The molecule has 0 aliphatic heterocycles. The van der Waals surface area contributed by atoms with Crippen LogP contribution in [-0.2, 0) is 4.74 Å². The Morgan fingerprint density at radius 2 is 1.69 bits per heavy atom. The van der Waals surface area contributed by atoms with Gasteiger partial charge in [0.05, 0.1) is 26.4 Å². The molecule has 0 fully saturated rings. The van der Waals surface area contributed by atoms with E-state index in [1.165, 1.54) is 44.6 Å².